The number of nitrogens with zero attached hydrogens (tertiary/aromatic N) is 1. The molecule has 6 heteroatoms. The summed E-state index contributed by atoms with van der Waals surface area (Å²) in [6.45, 7) is 3.54. The highest BCUT2D eigenvalue weighted by Crippen LogP contribution is 2.15. The highest BCUT2D eigenvalue weighted by molar-refractivity contribution is 5.90. The molecule has 0 bridgehead atoms. The zero-order chi connectivity index (χ0) is 12.1. The molecule has 0 N–H and O–H groups in total. The molecule has 0 aliphatic carbocycles. The summed E-state index contributed by atoms with van der Waals surface area (Å²) >= 11 is 0. The van der Waals surface area contributed by atoms with Crippen molar-refractivity contribution in [2.45, 2.75) is 20.3 Å². The molecule has 16 heavy (non-hydrogen) atoms. The van der Waals surface area contributed by atoms with Crippen LogP contribution in [0.15, 0.2) is 4.52 Å². The fraction of sp³-hybridized carbons (Fsp3) is 0.500. The Morgan fingerprint density at radius 3 is 2.69 bits per heavy atom. The van der Waals surface area contributed by atoms with E-state index >= 15 is 0 Å². The number of ether oxygens (including phenoxy) is 2. The molecule has 0 saturated carbocycles. The third-order valence-electron chi connectivity index (χ3n) is 2.00. The van der Waals surface area contributed by atoms with Gasteiger partial charge in [0.2, 0.25) is 0 Å². The van der Waals surface area contributed by atoms with Crippen LogP contribution in [0.2, 0.25) is 0 Å². The summed E-state index contributed by atoms with van der Waals surface area (Å²) in [5.41, 5.74) is 0.440. The van der Waals surface area contributed by atoms with Crippen LogP contribution in [0, 0.1) is 6.92 Å². The molecule has 0 radical (unpaired) electrons. The first-order valence-corrected chi connectivity index (χ1v) is 4.79. The minimum atomic E-state index is -0.599. The Morgan fingerprint density at radius 1 is 1.44 bits per heavy atom. The Kier molecular flexibility index (Phi) is 4.04. The standard InChI is InChI=1S/C10H13NO5/c1-4-15-10(13)9-7(5-8(12)14-3)6(2)16-11-9/h4-5H2,1-3H3. The maximum atomic E-state index is 11.5. The van der Waals surface area contributed by atoms with E-state index in [0.717, 1.165) is 0 Å². The maximum Gasteiger partial charge on any atom is 0.360 e. The van der Waals surface area contributed by atoms with E-state index in [2.05, 4.69) is 9.89 Å². The summed E-state index contributed by atoms with van der Waals surface area (Å²) in [6.07, 6.45) is -0.0556. The Labute approximate surface area is 92.5 Å². The normalized spacial score (nSPS) is 9.94. The number of rotatable bonds is 4. The summed E-state index contributed by atoms with van der Waals surface area (Å²) in [5, 5.41) is 3.56. The van der Waals surface area contributed by atoms with Crippen LogP contribution in [0.4, 0.5) is 0 Å². The van der Waals surface area contributed by atoms with Crippen LogP contribution in [0.5, 0.6) is 0 Å². The number of aromatic nitrogens is 1. The van der Waals surface area contributed by atoms with Crippen molar-refractivity contribution >= 4 is 11.9 Å². The molecule has 0 aliphatic rings. The number of methoxy groups -OCH3 is 1. The summed E-state index contributed by atoms with van der Waals surface area (Å²) in [6, 6.07) is 0. The predicted octanol–water partition coefficient (Wildman–Crippen LogP) is 0.875. The first-order chi connectivity index (χ1) is 7.60. The van der Waals surface area contributed by atoms with E-state index in [1.165, 1.54) is 7.11 Å². The van der Waals surface area contributed by atoms with Gasteiger partial charge in [0.15, 0.2) is 5.69 Å². The zero-order valence-corrected chi connectivity index (χ0v) is 9.40. The largest absolute Gasteiger partial charge is 0.469 e. The van der Waals surface area contributed by atoms with Crippen molar-refractivity contribution in [3.8, 4) is 0 Å². The molecule has 1 aromatic rings. The molecule has 0 atom stereocenters. The van der Waals surface area contributed by atoms with Crippen LogP contribution < -0.4 is 0 Å². The Hall–Kier alpha value is -1.85. The van der Waals surface area contributed by atoms with Crippen molar-refractivity contribution in [1.82, 2.24) is 5.16 Å². The molecule has 88 valence electrons. The van der Waals surface area contributed by atoms with Crippen molar-refractivity contribution in [3.63, 3.8) is 0 Å². The number of carbonyl (C=O) groups excluding carboxylic acids is 2. The third-order valence-corrected chi connectivity index (χ3v) is 2.00. The molecular formula is C10H13NO5. The highest BCUT2D eigenvalue weighted by atomic mass is 16.5. The van der Waals surface area contributed by atoms with Crippen molar-refractivity contribution in [2.24, 2.45) is 0 Å². The molecule has 0 unspecified atom stereocenters. The van der Waals surface area contributed by atoms with Crippen LogP contribution >= 0.6 is 0 Å². The summed E-state index contributed by atoms with van der Waals surface area (Å²) in [5.74, 6) is -0.649. The topological polar surface area (TPSA) is 78.6 Å². The van der Waals surface area contributed by atoms with Gasteiger partial charge in [0, 0.05) is 5.56 Å². The number of hydrogen-bond donors (Lipinski definition) is 0. The van der Waals surface area contributed by atoms with E-state index in [0.29, 0.717) is 11.3 Å². The van der Waals surface area contributed by atoms with E-state index < -0.39 is 11.9 Å². The first-order valence-electron chi connectivity index (χ1n) is 4.79. The first kappa shape index (κ1) is 12.2. The summed E-state index contributed by atoms with van der Waals surface area (Å²) in [4.78, 5) is 22.6. The minimum Gasteiger partial charge on any atom is -0.469 e. The highest BCUT2D eigenvalue weighted by Gasteiger charge is 2.22. The van der Waals surface area contributed by atoms with E-state index in [9.17, 15) is 9.59 Å². The van der Waals surface area contributed by atoms with Gasteiger partial charge in [-0.1, -0.05) is 5.16 Å². The van der Waals surface area contributed by atoms with Gasteiger partial charge in [0.25, 0.3) is 0 Å². The van der Waals surface area contributed by atoms with Crippen molar-refractivity contribution in [2.75, 3.05) is 13.7 Å². The van der Waals surface area contributed by atoms with Crippen molar-refractivity contribution in [1.29, 1.82) is 0 Å². The molecule has 1 aromatic heterocycles. The van der Waals surface area contributed by atoms with E-state index in [1.807, 2.05) is 0 Å². The molecule has 0 spiro atoms. The Morgan fingerprint density at radius 2 is 2.12 bits per heavy atom. The van der Waals surface area contributed by atoms with Crippen LogP contribution in [-0.4, -0.2) is 30.8 Å². The molecular weight excluding hydrogens is 214 g/mol. The van der Waals surface area contributed by atoms with Crippen molar-refractivity contribution < 1.29 is 23.6 Å². The van der Waals surface area contributed by atoms with Gasteiger partial charge in [-0.05, 0) is 13.8 Å². The molecule has 0 amide bonds. The van der Waals surface area contributed by atoms with Gasteiger partial charge >= 0.3 is 11.9 Å². The van der Waals surface area contributed by atoms with Gasteiger partial charge in [-0.15, -0.1) is 0 Å². The van der Waals surface area contributed by atoms with Gasteiger partial charge in [0.1, 0.15) is 5.76 Å². The van der Waals surface area contributed by atoms with E-state index in [-0.39, 0.29) is 18.7 Å². The van der Waals surface area contributed by atoms with Crippen molar-refractivity contribution in [3.05, 3.63) is 17.0 Å². The molecule has 0 fully saturated rings. The lowest BCUT2D eigenvalue weighted by Crippen LogP contribution is -2.12. The fourth-order valence-electron chi connectivity index (χ4n) is 1.18. The SMILES string of the molecule is CCOC(=O)c1noc(C)c1CC(=O)OC. The summed E-state index contributed by atoms with van der Waals surface area (Å²) < 4.78 is 14.1. The zero-order valence-electron chi connectivity index (χ0n) is 9.40. The second kappa shape index (κ2) is 5.29. The van der Waals surface area contributed by atoms with Crippen LogP contribution in [0.25, 0.3) is 0 Å². The maximum absolute atomic E-state index is 11.5. The Balaban J connectivity index is 2.93. The van der Waals surface area contributed by atoms with Gasteiger partial charge in [-0.3, -0.25) is 4.79 Å². The van der Waals surface area contributed by atoms with Gasteiger partial charge in [0.05, 0.1) is 20.1 Å². The average Bonchev–Trinajstić information content (AvgIpc) is 2.61. The number of aryl methyl sites for hydroxylation is 1. The second-order valence-electron chi connectivity index (χ2n) is 3.04. The molecule has 1 heterocycles. The molecule has 1 rings (SSSR count). The predicted molar refractivity (Wildman–Crippen MR) is 52.9 cm³/mol. The van der Waals surface area contributed by atoms with E-state index in [4.69, 9.17) is 9.26 Å². The lowest BCUT2D eigenvalue weighted by atomic mass is 10.1. The van der Waals surface area contributed by atoms with Gasteiger partial charge < -0.3 is 14.0 Å². The molecule has 6 nitrogen and oxygen atoms in total. The lowest BCUT2D eigenvalue weighted by molar-refractivity contribution is -0.139. The Bertz CT molecular complexity index is 396. The number of carbonyl (C=O) groups is 2. The summed E-state index contributed by atoms with van der Waals surface area (Å²) in [7, 11) is 1.27. The van der Waals surface area contributed by atoms with Gasteiger partial charge in [-0.25, -0.2) is 4.79 Å². The monoisotopic (exact) mass is 227 g/mol. The molecule has 0 aromatic carbocycles. The molecule has 0 aliphatic heterocycles. The number of hydrogen-bond acceptors (Lipinski definition) is 6. The molecule has 0 saturated heterocycles. The minimum absolute atomic E-state index is 0.0322. The van der Waals surface area contributed by atoms with Crippen LogP contribution in [0.3, 0.4) is 0 Å². The van der Waals surface area contributed by atoms with Crippen LogP contribution in [-0.2, 0) is 20.7 Å². The van der Waals surface area contributed by atoms with E-state index in [1.54, 1.807) is 13.8 Å². The quantitative estimate of drug-likeness (QED) is 0.710. The fourth-order valence-corrected chi connectivity index (χ4v) is 1.18. The average molecular weight is 227 g/mol. The lowest BCUT2D eigenvalue weighted by Gasteiger charge is -2.01. The van der Waals surface area contributed by atoms with Crippen LogP contribution in [0.1, 0.15) is 28.7 Å². The second-order valence-corrected chi connectivity index (χ2v) is 3.04. The van der Waals surface area contributed by atoms with Gasteiger partial charge in [-0.2, -0.15) is 0 Å². The number of esters is 2. The smallest absolute Gasteiger partial charge is 0.360 e. The third kappa shape index (κ3) is 2.59.